The lowest BCUT2D eigenvalue weighted by atomic mass is 10.0. The lowest BCUT2D eigenvalue weighted by Crippen LogP contribution is -2.08. The van der Waals surface area contributed by atoms with Gasteiger partial charge in [-0.1, -0.05) is 58.4 Å². The van der Waals surface area contributed by atoms with Crippen LogP contribution >= 0.6 is 15.9 Å². The van der Waals surface area contributed by atoms with Crippen LogP contribution in [0.3, 0.4) is 0 Å². The van der Waals surface area contributed by atoms with Gasteiger partial charge in [0.1, 0.15) is 5.82 Å². The Balaban J connectivity index is 2.09. The molecule has 0 aliphatic rings. The molecule has 2 rings (SSSR count). The van der Waals surface area contributed by atoms with E-state index in [9.17, 15) is 4.39 Å². The standard InChI is InChI=1S/C16H16BrFO/c1-12-6-2-4-8-14(12)16(10-17)19-11-13-7-3-5-9-15(13)18/h2-9,16H,10-11H2,1H3. The summed E-state index contributed by atoms with van der Waals surface area (Å²) in [6, 6.07) is 14.8. The first kappa shape index (κ1) is 14.2. The molecule has 1 atom stereocenters. The molecule has 1 unspecified atom stereocenters. The predicted octanol–water partition coefficient (Wildman–Crippen LogP) is 4.79. The van der Waals surface area contributed by atoms with Gasteiger partial charge >= 0.3 is 0 Å². The van der Waals surface area contributed by atoms with Gasteiger partial charge in [0, 0.05) is 10.9 Å². The van der Waals surface area contributed by atoms with Crippen molar-refractivity contribution in [2.75, 3.05) is 5.33 Å². The maximum absolute atomic E-state index is 13.5. The highest BCUT2D eigenvalue weighted by molar-refractivity contribution is 9.09. The Morgan fingerprint density at radius 1 is 1.11 bits per heavy atom. The monoisotopic (exact) mass is 322 g/mol. The fourth-order valence-electron chi connectivity index (χ4n) is 1.97. The summed E-state index contributed by atoms with van der Waals surface area (Å²) in [6.45, 7) is 2.33. The second-order valence-corrected chi connectivity index (χ2v) is 5.05. The fraction of sp³-hybridized carbons (Fsp3) is 0.250. The normalized spacial score (nSPS) is 12.4. The maximum Gasteiger partial charge on any atom is 0.128 e. The predicted molar refractivity (Wildman–Crippen MR) is 78.9 cm³/mol. The molecule has 0 saturated heterocycles. The zero-order valence-electron chi connectivity index (χ0n) is 10.8. The number of aryl methyl sites for hydroxylation is 1. The minimum Gasteiger partial charge on any atom is -0.368 e. The lowest BCUT2D eigenvalue weighted by Gasteiger charge is -2.18. The van der Waals surface area contributed by atoms with Crippen molar-refractivity contribution in [3.05, 3.63) is 71.0 Å². The van der Waals surface area contributed by atoms with Crippen LogP contribution in [0.15, 0.2) is 48.5 Å². The minimum absolute atomic E-state index is 0.0687. The number of hydrogen-bond donors (Lipinski definition) is 0. The van der Waals surface area contributed by atoms with Gasteiger partial charge in [-0.15, -0.1) is 0 Å². The van der Waals surface area contributed by atoms with Gasteiger partial charge in [0.2, 0.25) is 0 Å². The van der Waals surface area contributed by atoms with Crippen molar-refractivity contribution >= 4 is 15.9 Å². The van der Waals surface area contributed by atoms with Crippen molar-refractivity contribution in [3.63, 3.8) is 0 Å². The van der Waals surface area contributed by atoms with Gasteiger partial charge in [-0.2, -0.15) is 0 Å². The molecule has 2 aromatic carbocycles. The Morgan fingerprint density at radius 2 is 1.79 bits per heavy atom. The van der Waals surface area contributed by atoms with E-state index in [1.807, 2.05) is 24.3 Å². The van der Waals surface area contributed by atoms with E-state index >= 15 is 0 Å². The van der Waals surface area contributed by atoms with Crippen LogP contribution in [0.2, 0.25) is 0 Å². The highest BCUT2D eigenvalue weighted by atomic mass is 79.9. The molecule has 2 aromatic rings. The number of benzene rings is 2. The fourth-order valence-corrected chi connectivity index (χ4v) is 2.51. The van der Waals surface area contributed by atoms with Crippen molar-refractivity contribution in [1.29, 1.82) is 0 Å². The van der Waals surface area contributed by atoms with Crippen LogP contribution < -0.4 is 0 Å². The summed E-state index contributed by atoms with van der Waals surface area (Å²) in [6.07, 6.45) is -0.0687. The molecule has 100 valence electrons. The second kappa shape index (κ2) is 6.83. The summed E-state index contributed by atoms with van der Waals surface area (Å²) >= 11 is 3.46. The number of alkyl halides is 1. The molecule has 0 bridgehead atoms. The van der Waals surface area contributed by atoms with Crippen molar-refractivity contribution in [2.24, 2.45) is 0 Å². The number of rotatable bonds is 5. The SMILES string of the molecule is Cc1ccccc1C(CBr)OCc1ccccc1F. The Bertz CT molecular complexity index is 542. The van der Waals surface area contributed by atoms with Crippen LogP contribution in [-0.4, -0.2) is 5.33 Å². The molecular weight excluding hydrogens is 307 g/mol. The third-order valence-corrected chi connectivity index (χ3v) is 3.66. The molecule has 0 fully saturated rings. The molecule has 0 heterocycles. The topological polar surface area (TPSA) is 9.23 Å². The summed E-state index contributed by atoms with van der Waals surface area (Å²) in [5.74, 6) is -0.222. The highest BCUT2D eigenvalue weighted by Crippen LogP contribution is 2.24. The summed E-state index contributed by atoms with van der Waals surface area (Å²) in [4.78, 5) is 0. The van der Waals surface area contributed by atoms with Crippen molar-refractivity contribution in [2.45, 2.75) is 19.6 Å². The zero-order valence-corrected chi connectivity index (χ0v) is 12.4. The van der Waals surface area contributed by atoms with Crippen LogP contribution in [-0.2, 0) is 11.3 Å². The zero-order chi connectivity index (χ0) is 13.7. The Kier molecular flexibility index (Phi) is 5.11. The first-order valence-electron chi connectivity index (χ1n) is 6.19. The number of halogens is 2. The molecule has 0 aliphatic heterocycles. The molecular formula is C16H16BrFO. The van der Waals surface area contributed by atoms with E-state index in [1.54, 1.807) is 12.1 Å². The first-order chi connectivity index (χ1) is 9.22. The molecule has 0 spiro atoms. The van der Waals surface area contributed by atoms with Gasteiger partial charge in [-0.3, -0.25) is 0 Å². The van der Waals surface area contributed by atoms with E-state index in [-0.39, 0.29) is 18.5 Å². The van der Waals surface area contributed by atoms with Gasteiger partial charge in [0.25, 0.3) is 0 Å². The molecule has 1 nitrogen and oxygen atoms in total. The average Bonchev–Trinajstić information content (AvgIpc) is 2.43. The summed E-state index contributed by atoms with van der Waals surface area (Å²) in [5, 5.41) is 0.687. The van der Waals surface area contributed by atoms with Crippen LogP contribution in [0.5, 0.6) is 0 Å². The average molecular weight is 323 g/mol. The minimum atomic E-state index is -0.222. The van der Waals surface area contributed by atoms with Crippen LogP contribution in [0, 0.1) is 12.7 Å². The molecule has 0 radical (unpaired) electrons. The Labute approximate surface area is 121 Å². The third-order valence-electron chi connectivity index (χ3n) is 3.07. The van der Waals surface area contributed by atoms with Gasteiger partial charge in [-0.05, 0) is 24.1 Å². The summed E-state index contributed by atoms with van der Waals surface area (Å²) < 4.78 is 19.4. The number of hydrogen-bond acceptors (Lipinski definition) is 1. The van der Waals surface area contributed by atoms with E-state index in [0.29, 0.717) is 10.9 Å². The molecule has 0 N–H and O–H groups in total. The van der Waals surface area contributed by atoms with Gasteiger partial charge in [-0.25, -0.2) is 4.39 Å². The van der Waals surface area contributed by atoms with Gasteiger partial charge in [0.05, 0.1) is 12.7 Å². The maximum atomic E-state index is 13.5. The summed E-state index contributed by atoms with van der Waals surface area (Å²) in [5.41, 5.74) is 2.90. The van der Waals surface area contributed by atoms with Crippen molar-refractivity contribution < 1.29 is 9.13 Å². The van der Waals surface area contributed by atoms with Crippen LogP contribution in [0.1, 0.15) is 22.8 Å². The third kappa shape index (κ3) is 3.64. The Morgan fingerprint density at radius 3 is 2.47 bits per heavy atom. The van der Waals surface area contributed by atoms with Crippen LogP contribution in [0.25, 0.3) is 0 Å². The van der Waals surface area contributed by atoms with Gasteiger partial charge < -0.3 is 4.74 Å². The molecule has 0 aliphatic carbocycles. The molecule has 0 aromatic heterocycles. The van der Waals surface area contributed by atoms with E-state index < -0.39 is 0 Å². The van der Waals surface area contributed by atoms with E-state index in [1.165, 1.54) is 11.6 Å². The largest absolute Gasteiger partial charge is 0.368 e. The lowest BCUT2D eigenvalue weighted by molar-refractivity contribution is 0.0545. The van der Waals surface area contributed by atoms with E-state index in [4.69, 9.17) is 4.74 Å². The molecule has 0 saturated carbocycles. The van der Waals surface area contributed by atoms with E-state index in [2.05, 4.69) is 28.9 Å². The summed E-state index contributed by atoms with van der Waals surface area (Å²) in [7, 11) is 0. The van der Waals surface area contributed by atoms with E-state index in [0.717, 1.165) is 5.56 Å². The van der Waals surface area contributed by atoms with Crippen molar-refractivity contribution in [1.82, 2.24) is 0 Å². The van der Waals surface area contributed by atoms with Crippen molar-refractivity contribution in [3.8, 4) is 0 Å². The smallest absolute Gasteiger partial charge is 0.128 e. The van der Waals surface area contributed by atoms with Gasteiger partial charge in [0.15, 0.2) is 0 Å². The molecule has 0 amide bonds. The Hall–Kier alpha value is -1.19. The van der Waals surface area contributed by atoms with Crippen LogP contribution in [0.4, 0.5) is 4.39 Å². The second-order valence-electron chi connectivity index (χ2n) is 4.40. The molecule has 3 heteroatoms. The first-order valence-corrected chi connectivity index (χ1v) is 7.31. The molecule has 19 heavy (non-hydrogen) atoms. The number of ether oxygens (including phenoxy) is 1. The highest BCUT2D eigenvalue weighted by Gasteiger charge is 2.13. The quantitative estimate of drug-likeness (QED) is 0.719.